The SMILES string of the molecule is O=C(NCc1cccnc1)c1cn(Cc2c(F)cccc2F)nn1. The first-order valence-electron chi connectivity index (χ1n) is 7.13. The molecule has 1 aromatic carbocycles. The lowest BCUT2D eigenvalue weighted by atomic mass is 10.2. The first-order valence-corrected chi connectivity index (χ1v) is 7.13. The van der Waals surface area contributed by atoms with Gasteiger partial charge in [0, 0.05) is 24.5 Å². The lowest BCUT2D eigenvalue weighted by molar-refractivity contribution is 0.0946. The first kappa shape index (κ1) is 15.7. The van der Waals surface area contributed by atoms with Crippen molar-refractivity contribution in [2.24, 2.45) is 0 Å². The van der Waals surface area contributed by atoms with Crippen molar-refractivity contribution in [2.75, 3.05) is 0 Å². The van der Waals surface area contributed by atoms with E-state index in [4.69, 9.17) is 0 Å². The van der Waals surface area contributed by atoms with Crippen molar-refractivity contribution >= 4 is 5.91 Å². The molecule has 0 radical (unpaired) electrons. The maximum absolute atomic E-state index is 13.6. The molecular weight excluding hydrogens is 316 g/mol. The molecule has 122 valence electrons. The normalized spacial score (nSPS) is 10.6. The second-order valence-electron chi connectivity index (χ2n) is 5.05. The molecule has 0 aliphatic heterocycles. The van der Waals surface area contributed by atoms with Crippen molar-refractivity contribution in [3.63, 3.8) is 0 Å². The van der Waals surface area contributed by atoms with Crippen LogP contribution in [0.3, 0.4) is 0 Å². The van der Waals surface area contributed by atoms with Crippen LogP contribution in [0, 0.1) is 11.6 Å². The van der Waals surface area contributed by atoms with E-state index < -0.39 is 17.5 Å². The first-order chi connectivity index (χ1) is 11.6. The van der Waals surface area contributed by atoms with E-state index in [1.54, 1.807) is 18.5 Å². The number of aromatic nitrogens is 4. The van der Waals surface area contributed by atoms with Gasteiger partial charge in [-0.15, -0.1) is 5.10 Å². The number of nitrogens with zero attached hydrogens (tertiary/aromatic N) is 4. The summed E-state index contributed by atoms with van der Waals surface area (Å²) in [6.07, 6.45) is 4.61. The predicted octanol–water partition coefficient (Wildman–Crippen LogP) is 1.93. The summed E-state index contributed by atoms with van der Waals surface area (Å²) in [6.45, 7) is 0.142. The molecule has 2 aromatic heterocycles. The Bertz CT molecular complexity index is 830. The molecule has 6 nitrogen and oxygen atoms in total. The number of rotatable bonds is 5. The highest BCUT2D eigenvalue weighted by molar-refractivity contribution is 5.91. The molecule has 2 heterocycles. The molecule has 8 heteroatoms. The zero-order chi connectivity index (χ0) is 16.9. The fourth-order valence-corrected chi connectivity index (χ4v) is 2.10. The van der Waals surface area contributed by atoms with Gasteiger partial charge in [0.15, 0.2) is 5.69 Å². The Labute approximate surface area is 136 Å². The van der Waals surface area contributed by atoms with E-state index in [-0.39, 0.29) is 17.8 Å². The van der Waals surface area contributed by atoms with Crippen molar-refractivity contribution in [3.8, 4) is 0 Å². The van der Waals surface area contributed by atoms with Gasteiger partial charge in [-0.05, 0) is 23.8 Å². The van der Waals surface area contributed by atoms with Gasteiger partial charge in [0.25, 0.3) is 5.91 Å². The average molecular weight is 329 g/mol. The van der Waals surface area contributed by atoms with Gasteiger partial charge in [0.1, 0.15) is 11.6 Å². The molecule has 0 aliphatic rings. The number of pyridine rings is 1. The fraction of sp³-hybridized carbons (Fsp3) is 0.125. The molecule has 24 heavy (non-hydrogen) atoms. The van der Waals surface area contributed by atoms with Crippen LogP contribution in [0.1, 0.15) is 21.6 Å². The van der Waals surface area contributed by atoms with Crippen LogP contribution in [0.4, 0.5) is 8.78 Å². The molecule has 0 saturated carbocycles. The Morgan fingerprint density at radius 2 is 1.96 bits per heavy atom. The van der Waals surface area contributed by atoms with Crippen LogP contribution in [-0.4, -0.2) is 25.9 Å². The van der Waals surface area contributed by atoms with Gasteiger partial charge in [-0.3, -0.25) is 9.78 Å². The average Bonchev–Trinajstić information content (AvgIpc) is 3.06. The minimum Gasteiger partial charge on any atom is -0.346 e. The van der Waals surface area contributed by atoms with Gasteiger partial charge in [0.2, 0.25) is 0 Å². The number of nitrogens with one attached hydrogen (secondary N) is 1. The highest BCUT2D eigenvalue weighted by Crippen LogP contribution is 2.13. The predicted molar refractivity (Wildman–Crippen MR) is 80.9 cm³/mol. The van der Waals surface area contributed by atoms with Crippen molar-refractivity contribution < 1.29 is 13.6 Å². The molecular formula is C16H13F2N5O. The third-order valence-corrected chi connectivity index (χ3v) is 3.33. The van der Waals surface area contributed by atoms with Gasteiger partial charge in [0.05, 0.1) is 12.7 Å². The van der Waals surface area contributed by atoms with Crippen LogP contribution in [-0.2, 0) is 13.1 Å². The van der Waals surface area contributed by atoms with E-state index in [1.165, 1.54) is 16.9 Å². The topological polar surface area (TPSA) is 72.7 Å². The largest absolute Gasteiger partial charge is 0.346 e. The lowest BCUT2D eigenvalue weighted by Crippen LogP contribution is -2.23. The van der Waals surface area contributed by atoms with Crippen molar-refractivity contribution in [3.05, 3.63) is 77.4 Å². The van der Waals surface area contributed by atoms with E-state index in [1.807, 2.05) is 6.07 Å². The summed E-state index contributed by atoms with van der Waals surface area (Å²) in [5, 5.41) is 10.1. The highest BCUT2D eigenvalue weighted by atomic mass is 19.1. The zero-order valence-electron chi connectivity index (χ0n) is 12.5. The summed E-state index contributed by atoms with van der Waals surface area (Å²) in [5.41, 5.74) is 0.770. The van der Waals surface area contributed by atoms with Crippen LogP contribution < -0.4 is 5.32 Å². The summed E-state index contributed by atoms with van der Waals surface area (Å²) in [5.74, 6) is -1.78. The number of carbonyl (C=O) groups excluding carboxylic acids is 1. The van der Waals surface area contributed by atoms with Gasteiger partial charge in [-0.25, -0.2) is 13.5 Å². The number of hydrogen-bond acceptors (Lipinski definition) is 4. The Hall–Kier alpha value is -3.16. The minimum absolute atomic E-state index is 0.0654. The molecule has 0 spiro atoms. The number of benzene rings is 1. The summed E-state index contributed by atoms with van der Waals surface area (Å²) in [6, 6.07) is 7.20. The standard InChI is InChI=1S/C16H13F2N5O/c17-13-4-1-5-14(18)12(13)9-23-10-15(21-22-23)16(24)20-8-11-3-2-6-19-7-11/h1-7,10H,8-9H2,(H,20,24). The van der Waals surface area contributed by atoms with E-state index in [0.717, 1.165) is 17.7 Å². The third-order valence-electron chi connectivity index (χ3n) is 3.33. The zero-order valence-corrected chi connectivity index (χ0v) is 12.5. The quantitative estimate of drug-likeness (QED) is 0.776. The molecule has 0 bridgehead atoms. The number of carbonyl (C=O) groups is 1. The van der Waals surface area contributed by atoms with Gasteiger partial charge < -0.3 is 5.32 Å². The monoisotopic (exact) mass is 329 g/mol. The highest BCUT2D eigenvalue weighted by Gasteiger charge is 2.13. The molecule has 3 rings (SSSR count). The molecule has 0 aliphatic carbocycles. The van der Waals surface area contributed by atoms with Crippen molar-refractivity contribution in [1.29, 1.82) is 0 Å². The van der Waals surface area contributed by atoms with Gasteiger partial charge in [-0.1, -0.05) is 17.3 Å². The van der Waals surface area contributed by atoms with Crippen LogP contribution >= 0.6 is 0 Å². The van der Waals surface area contributed by atoms with Gasteiger partial charge in [-0.2, -0.15) is 0 Å². The number of amides is 1. The second kappa shape index (κ2) is 6.95. The fourth-order valence-electron chi connectivity index (χ4n) is 2.10. The summed E-state index contributed by atoms with van der Waals surface area (Å²) in [4.78, 5) is 16.0. The minimum atomic E-state index is -0.673. The maximum Gasteiger partial charge on any atom is 0.273 e. The van der Waals surface area contributed by atoms with E-state index in [2.05, 4.69) is 20.6 Å². The summed E-state index contributed by atoms with van der Waals surface area (Å²) in [7, 11) is 0. The number of halogens is 2. The van der Waals surface area contributed by atoms with Crippen molar-refractivity contribution in [2.45, 2.75) is 13.1 Å². The van der Waals surface area contributed by atoms with Crippen LogP contribution in [0.15, 0.2) is 48.9 Å². The summed E-state index contributed by atoms with van der Waals surface area (Å²) < 4.78 is 28.5. The smallest absolute Gasteiger partial charge is 0.273 e. The summed E-state index contributed by atoms with van der Waals surface area (Å²) >= 11 is 0. The van der Waals surface area contributed by atoms with Crippen LogP contribution in [0.2, 0.25) is 0 Å². The van der Waals surface area contributed by atoms with E-state index >= 15 is 0 Å². The Morgan fingerprint density at radius 3 is 2.67 bits per heavy atom. The lowest BCUT2D eigenvalue weighted by Gasteiger charge is -2.04. The molecule has 1 amide bonds. The molecule has 0 unspecified atom stereocenters. The molecule has 3 aromatic rings. The van der Waals surface area contributed by atoms with Crippen LogP contribution in [0.5, 0.6) is 0 Å². The van der Waals surface area contributed by atoms with Gasteiger partial charge >= 0.3 is 0 Å². The second-order valence-corrected chi connectivity index (χ2v) is 5.05. The Kier molecular flexibility index (Phi) is 4.55. The van der Waals surface area contributed by atoms with E-state index in [0.29, 0.717) is 6.54 Å². The number of hydrogen-bond donors (Lipinski definition) is 1. The Balaban J connectivity index is 1.66. The molecule has 0 atom stereocenters. The molecule has 0 fully saturated rings. The van der Waals surface area contributed by atoms with E-state index in [9.17, 15) is 13.6 Å². The third kappa shape index (κ3) is 3.60. The van der Waals surface area contributed by atoms with Crippen LogP contribution in [0.25, 0.3) is 0 Å². The maximum atomic E-state index is 13.6. The Morgan fingerprint density at radius 1 is 1.17 bits per heavy atom. The molecule has 0 saturated heterocycles. The molecule has 1 N–H and O–H groups in total. The van der Waals surface area contributed by atoms with Crippen molar-refractivity contribution in [1.82, 2.24) is 25.3 Å².